The van der Waals surface area contributed by atoms with Gasteiger partial charge in [-0.25, -0.2) is 4.79 Å². The van der Waals surface area contributed by atoms with E-state index in [1.54, 1.807) is 0 Å². The van der Waals surface area contributed by atoms with Gasteiger partial charge in [0.15, 0.2) is 5.72 Å². The molecule has 25 heavy (non-hydrogen) atoms. The number of nitrogens with zero attached hydrogens (tertiary/aromatic N) is 2. The van der Waals surface area contributed by atoms with E-state index in [2.05, 4.69) is 9.84 Å². The largest absolute Gasteiger partial charge is 0.460 e. The molecule has 0 aromatic heterocycles. The molecule has 1 aliphatic rings. The first-order valence-corrected chi connectivity index (χ1v) is 7.03. The van der Waals surface area contributed by atoms with Crippen molar-refractivity contribution in [3.63, 3.8) is 0 Å². The maximum absolute atomic E-state index is 13.9. The van der Waals surface area contributed by atoms with Crippen molar-refractivity contribution in [1.29, 1.82) is 0 Å². The van der Waals surface area contributed by atoms with Crippen molar-refractivity contribution in [2.24, 2.45) is 10.5 Å². The predicted octanol–water partition coefficient (Wildman–Crippen LogP) is 3.77. The van der Waals surface area contributed by atoms with E-state index < -0.39 is 47.4 Å². The number of hydrazone groups is 1. The summed E-state index contributed by atoms with van der Waals surface area (Å²) in [5.74, 6) is -12.2. The van der Waals surface area contributed by atoms with Crippen molar-refractivity contribution in [2.45, 2.75) is 57.9 Å². The zero-order chi connectivity index (χ0) is 20.1. The fourth-order valence-corrected chi connectivity index (χ4v) is 2.04. The van der Waals surface area contributed by atoms with Gasteiger partial charge in [0, 0.05) is 11.8 Å². The van der Waals surface area contributed by atoms with Gasteiger partial charge in [0.2, 0.25) is 0 Å². The number of halogens is 7. The average Bonchev–Trinajstić information content (AvgIpc) is 2.77. The second-order valence-electron chi connectivity index (χ2n) is 6.45. The molecule has 1 atom stereocenters. The van der Waals surface area contributed by atoms with Gasteiger partial charge in [-0.15, -0.1) is 0 Å². The van der Waals surface area contributed by atoms with Gasteiger partial charge in [-0.2, -0.15) is 40.8 Å². The highest BCUT2D eigenvalue weighted by Crippen LogP contribution is 2.51. The number of carbonyl (C=O) groups is 1. The summed E-state index contributed by atoms with van der Waals surface area (Å²) in [7, 11) is 0. The molecule has 12 heteroatoms. The topological polar surface area (TPSA) is 62.1 Å². The first-order valence-electron chi connectivity index (χ1n) is 7.03. The molecule has 1 heterocycles. The van der Waals surface area contributed by atoms with Crippen molar-refractivity contribution in [2.75, 3.05) is 6.61 Å². The van der Waals surface area contributed by atoms with Crippen LogP contribution >= 0.6 is 0 Å². The Hall–Kier alpha value is -1.59. The van der Waals surface area contributed by atoms with E-state index in [-0.39, 0.29) is 11.6 Å². The van der Waals surface area contributed by atoms with Gasteiger partial charge in [-0.1, -0.05) is 20.8 Å². The first kappa shape index (κ1) is 21.5. The third kappa shape index (κ3) is 3.27. The molecule has 0 saturated heterocycles. The smallest absolute Gasteiger partial charge is 0.448 e. The van der Waals surface area contributed by atoms with Gasteiger partial charge in [-0.3, -0.25) is 0 Å². The maximum Gasteiger partial charge on any atom is 0.460 e. The second-order valence-corrected chi connectivity index (χ2v) is 6.45. The lowest BCUT2D eigenvalue weighted by molar-refractivity contribution is -0.336. The number of alkyl halides is 7. The number of hydrogen-bond donors (Lipinski definition) is 1. The van der Waals surface area contributed by atoms with Crippen molar-refractivity contribution >= 4 is 11.8 Å². The summed E-state index contributed by atoms with van der Waals surface area (Å²) in [6.07, 6.45) is -9.43. The SMILES string of the molecule is CCOC(=O)N1N=C(C(F)(F)C(F)(F)C(F)(F)F)C[C@@]1(O)C(C)(C)C. The minimum Gasteiger partial charge on any atom is -0.448 e. The van der Waals surface area contributed by atoms with Crippen LogP contribution in [-0.2, 0) is 4.74 Å². The van der Waals surface area contributed by atoms with Crippen LogP contribution in [0.2, 0.25) is 0 Å². The number of hydrogen-bond acceptors (Lipinski definition) is 4. The first-order chi connectivity index (χ1) is 10.9. The second kappa shape index (κ2) is 5.99. The van der Waals surface area contributed by atoms with E-state index >= 15 is 0 Å². The highest BCUT2D eigenvalue weighted by molar-refractivity contribution is 5.96. The Morgan fingerprint density at radius 1 is 1.20 bits per heavy atom. The summed E-state index contributed by atoms with van der Waals surface area (Å²) >= 11 is 0. The van der Waals surface area contributed by atoms with Crippen LogP contribution in [0.1, 0.15) is 34.1 Å². The van der Waals surface area contributed by atoms with Crippen LogP contribution < -0.4 is 0 Å². The number of carbonyl (C=O) groups excluding carboxylic acids is 1. The highest BCUT2D eigenvalue weighted by Gasteiger charge is 2.76. The lowest BCUT2D eigenvalue weighted by Crippen LogP contribution is -2.58. The number of amides is 1. The Bertz CT molecular complexity index is 569. The van der Waals surface area contributed by atoms with Crippen LogP contribution in [0, 0.1) is 5.41 Å². The fourth-order valence-electron chi connectivity index (χ4n) is 2.04. The molecular weight excluding hydrogens is 365 g/mol. The van der Waals surface area contributed by atoms with E-state index in [1.165, 1.54) is 27.7 Å². The molecule has 0 aromatic rings. The molecule has 0 saturated carbocycles. The van der Waals surface area contributed by atoms with Crippen LogP contribution in [0.4, 0.5) is 35.5 Å². The van der Waals surface area contributed by atoms with E-state index in [4.69, 9.17) is 0 Å². The lowest BCUT2D eigenvalue weighted by Gasteiger charge is -2.41. The fraction of sp³-hybridized carbons (Fsp3) is 0.846. The minimum atomic E-state index is -6.56. The monoisotopic (exact) mass is 382 g/mol. The molecule has 0 unspecified atom stereocenters. The molecule has 1 amide bonds. The van der Waals surface area contributed by atoms with E-state index in [1.807, 2.05) is 0 Å². The van der Waals surface area contributed by atoms with Crippen LogP contribution in [0.25, 0.3) is 0 Å². The van der Waals surface area contributed by atoms with Crippen molar-refractivity contribution in [3.05, 3.63) is 0 Å². The van der Waals surface area contributed by atoms with Crippen LogP contribution in [0.3, 0.4) is 0 Å². The van der Waals surface area contributed by atoms with Gasteiger partial charge >= 0.3 is 24.1 Å². The zero-order valence-electron chi connectivity index (χ0n) is 13.7. The molecule has 0 aromatic carbocycles. The van der Waals surface area contributed by atoms with Crippen molar-refractivity contribution < 1.29 is 45.4 Å². The Labute approximate surface area is 138 Å². The summed E-state index contributed by atoms with van der Waals surface area (Å²) in [5, 5.41) is 13.4. The number of ether oxygens (including phenoxy) is 1. The average molecular weight is 382 g/mol. The maximum atomic E-state index is 13.9. The Kier molecular flexibility index (Phi) is 5.14. The molecule has 0 radical (unpaired) electrons. The van der Waals surface area contributed by atoms with E-state index in [0.29, 0.717) is 0 Å². The minimum absolute atomic E-state index is 0.0216. The van der Waals surface area contributed by atoms with Crippen LogP contribution in [0.5, 0.6) is 0 Å². The summed E-state index contributed by atoms with van der Waals surface area (Å²) in [6.45, 7) is 4.85. The van der Waals surface area contributed by atoms with E-state index in [0.717, 1.165) is 0 Å². The highest BCUT2D eigenvalue weighted by atomic mass is 19.4. The molecule has 0 aliphatic carbocycles. The molecule has 146 valence electrons. The summed E-state index contributed by atoms with van der Waals surface area (Å²) in [5.41, 5.74) is -5.98. The van der Waals surface area contributed by atoms with Crippen LogP contribution in [-0.4, -0.2) is 52.3 Å². The third-order valence-corrected chi connectivity index (χ3v) is 3.74. The normalized spacial score (nSPS) is 22.9. The third-order valence-electron chi connectivity index (χ3n) is 3.74. The van der Waals surface area contributed by atoms with Crippen LogP contribution in [0.15, 0.2) is 5.10 Å². The predicted molar refractivity (Wildman–Crippen MR) is 71.3 cm³/mol. The molecule has 0 fully saturated rings. The standard InChI is InChI=1S/C13H17F7N2O3/c1-5-25-8(23)22-10(24,9(2,3)4)6-7(21-22)11(14,15)12(16,17)13(18,19)20/h24H,5-6H2,1-4H3/t10-/m1/s1. The van der Waals surface area contributed by atoms with Crippen molar-refractivity contribution in [1.82, 2.24) is 5.01 Å². The molecular formula is C13H17F7N2O3. The molecule has 1 rings (SSSR count). The van der Waals surface area contributed by atoms with Gasteiger partial charge in [-0.05, 0) is 6.92 Å². The van der Waals surface area contributed by atoms with Gasteiger partial charge < -0.3 is 9.84 Å². The Balaban J connectivity index is 3.43. The Morgan fingerprint density at radius 3 is 2.04 bits per heavy atom. The summed E-state index contributed by atoms with van der Waals surface area (Å²) < 4.78 is 95.7. The summed E-state index contributed by atoms with van der Waals surface area (Å²) in [6, 6.07) is 0. The molecule has 0 spiro atoms. The van der Waals surface area contributed by atoms with Gasteiger partial charge in [0.05, 0.1) is 6.61 Å². The molecule has 1 aliphatic heterocycles. The summed E-state index contributed by atoms with van der Waals surface area (Å²) in [4.78, 5) is 11.8. The molecule has 5 nitrogen and oxygen atoms in total. The molecule has 0 bridgehead atoms. The van der Waals surface area contributed by atoms with Gasteiger partial charge in [0.25, 0.3) is 0 Å². The molecule has 1 N–H and O–H groups in total. The number of rotatable bonds is 3. The lowest BCUT2D eigenvalue weighted by atomic mass is 9.79. The van der Waals surface area contributed by atoms with Gasteiger partial charge in [0.1, 0.15) is 5.71 Å². The zero-order valence-corrected chi connectivity index (χ0v) is 13.7. The Morgan fingerprint density at radius 2 is 1.68 bits per heavy atom. The number of aliphatic hydroxyl groups is 1. The van der Waals surface area contributed by atoms with Crippen molar-refractivity contribution in [3.8, 4) is 0 Å². The van der Waals surface area contributed by atoms with E-state index in [9.17, 15) is 40.6 Å². The quantitative estimate of drug-likeness (QED) is 0.756.